The minimum atomic E-state index is 0.557. The van der Waals surface area contributed by atoms with Crippen LogP contribution in [-0.2, 0) is 0 Å². The van der Waals surface area contributed by atoms with Crippen molar-refractivity contribution in [2.45, 2.75) is 25.7 Å². The van der Waals surface area contributed by atoms with E-state index < -0.39 is 0 Å². The van der Waals surface area contributed by atoms with Crippen molar-refractivity contribution in [2.75, 3.05) is 17.6 Å². The van der Waals surface area contributed by atoms with Crippen molar-refractivity contribution in [1.29, 1.82) is 5.26 Å². The first kappa shape index (κ1) is 11.4. The zero-order valence-electron chi connectivity index (χ0n) is 10.5. The van der Waals surface area contributed by atoms with E-state index in [1.807, 2.05) is 12.1 Å². The zero-order valence-corrected chi connectivity index (χ0v) is 10.5. The number of benzene rings is 1. The summed E-state index contributed by atoms with van der Waals surface area (Å²) in [6.45, 7) is 1.06. The molecular weight excluding hydrogens is 222 g/mol. The maximum Gasteiger partial charge on any atom is 0.101 e. The molecule has 3 N–H and O–H groups in total. The molecule has 0 saturated heterocycles. The van der Waals surface area contributed by atoms with Crippen LogP contribution in [0.15, 0.2) is 18.2 Å². The summed E-state index contributed by atoms with van der Waals surface area (Å²) in [5.74, 6) is 2.77. The van der Waals surface area contributed by atoms with Crippen LogP contribution in [0.1, 0.15) is 31.2 Å². The maximum atomic E-state index is 8.84. The molecule has 0 unspecified atom stereocenters. The molecular formula is C15H19N3. The van der Waals surface area contributed by atoms with Gasteiger partial charge in [-0.05, 0) is 61.6 Å². The Labute approximate surface area is 108 Å². The Morgan fingerprint density at radius 2 is 1.94 bits per heavy atom. The number of hydrogen-bond acceptors (Lipinski definition) is 3. The van der Waals surface area contributed by atoms with Crippen molar-refractivity contribution in [3.8, 4) is 6.07 Å². The lowest BCUT2D eigenvalue weighted by Gasteiger charge is -2.17. The molecule has 2 saturated carbocycles. The van der Waals surface area contributed by atoms with Gasteiger partial charge in [0.2, 0.25) is 0 Å². The van der Waals surface area contributed by atoms with Gasteiger partial charge in [-0.15, -0.1) is 0 Å². The number of nitrogens with one attached hydrogen (secondary N) is 1. The Balaban J connectivity index is 1.62. The van der Waals surface area contributed by atoms with E-state index in [1.54, 1.807) is 6.07 Å². The van der Waals surface area contributed by atoms with E-state index >= 15 is 0 Å². The topological polar surface area (TPSA) is 61.8 Å². The SMILES string of the molecule is N#Cc1ccc(NCC(C2CC2)C2CC2)cc1N. The lowest BCUT2D eigenvalue weighted by molar-refractivity contribution is 0.428. The number of nitrogens with two attached hydrogens (primary N) is 1. The Morgan fingerprint density at radius 1 is 1.28 bits per heavy atom. The number of nitrogens with zero attached hydrogens (tertiary/aromatic N) is 1. The van der Waals surface area contributed by atoms with E-state index in [9.17, 15) is 0 Å². The Kier molecular flexibility index (Phi) is 2.87. The smallest absolute Gasteiger partial charge is 0.101 e. The van der Waals surface area contributed by atoms with E-state index in [1.165, 1.54) is 25.7 Å². The second-order valence-electron chi connectivity index (χ2n) is 5.63. The normalized spacial score (nSPS) is 18.7. The van der Waals surface area contributed by atoms with Crippen LogP contribution in [-0.4, -0.2) is 6.54 Å². The first-order valence-corrected chi connectivity index (χ1v) is 6.81. The van der Waals surface area contributed by atoms with Crippen LogP contribution in [0.2, 0.25) is 0 Å². The molecule has 94 valence electrons. The maximum absolute atomic E-state index is 8.84. The fourth-order valence-corrected chi connectivity index (χ4v) is 2.78. The highest BCUT2D eigenvalue weighted by atomic mass is 14.9. The van der Waals surface area contributed by atoms with Gasteiger partial charge in [0.25, 0.3) is 0 Å². The van der Waals surface area contributed by atoms with Crippen LogP contribution in [0.4, 0.5) is 11.4 Å². The van der Waals surface area contributed by atoms with E-state index in [-0.39, 0.29) is 0 Å². The van der Waals surface area contributed by atoms with E-state index in [4.69, 9.17) is 11.0 Å². The molecule has 3 nitrogen and oxygen atoms in total. The lowest BCUT2D eigenvalue weighted by atomic mass is 9.98. The lowest BCUT2D eigenvalue weighted by Crippen LogP contribution is -2.18. The van der Waals surface area contributed by atoms with Crippen molar-refractivity contribution < 1.29 is 0 Å². The molecule has 2 fully saturated rings. The monoisotopic (exact) mass is 241 g/mol. The molecule has 2 aliphatic carbocycles. The highest BCUT2D eigenvalue weighted by Gasteiger charge is 2.40. The summed E-state index contributed by atoms with van der Waals surface area (Å²) in [6, 6.07) is 7.70. The summed E-state index contributed by atoms with van der Waals surface area (Å²) in [5.41, 5.74) is 7.98. The van der Waals surface area contributed by atoms with Gasteiger partial charge in [0.1, 0.15) is 6.07 Å². The molecule has 0 heterocycles. The van der Waals surface area contributed by atoms with Gasteiger partial charge >= 0.3 is 0 Å². The summed E-state index contributed by atoms with van der Waals surface area (Å²) in [6.07, 6.45) is 5.66. The number of anilines is 2. The van der Waals surface area contributed by atoms with Crippen LogP contribution in [0.5, 0.6) is 0 Å². The number of nitrogen functional groups attached to an aromatic ring is 1. The number of hydrogen-bond donors (Lipinski definition) is 2. The summed E-state index contributed by atoms with van der Waals surface area (Å²) in [7, 11) is 0. The average molecular weight is 241 g/mol. The van der Waals surface area contributed by atoms with Crippen LogP contribution in [0.25, 0.3) is 0 Å². The van der Waals surface area contributed by atoms with Gasteiger partial charge < -0.3 is 11.1 Å². The zero-order chi connectivity index (χ0) is 12.5. The highest BCUT2D eigenvalue weighted by Crippen LogP contribution is 2.49. The standard InChI is InChI=1S/C15H19N3/c16-8-12-5-6-13(7-15(12)17)18-9-14(10-1-2-10)11-3-4-11/h5-7,10-11,14,18H,1-4,9,17H2. The molecule has 0 aliphatic heterocycles. The average Bonchev–Trinajstić information content (AvgIpc) is 3.24. The van der Waals surface area contributed by atoms with E-state index in [0.29, 0.717) is 11.3 Å². The third-order valence-corrected chi connectivity index (χ3v) is 4.17. The van der Waals surface area contributed by atoms with Crippen molar-refractivity contribution in [3.63, 3.8) is 0 Å². The minimum Gasteiger partial charge on any atom is -0.398 e. The van der Waals surface area contributed by atoms with Crippen molar-refractivity contribution >= 4 is 11.4 Å². The highest BCUT2D eigenvalue weighted by molar-refractivity contribution is 5.62. The third-order valence-electron chi connectivity index (χ3n) is 4.17. The molecule has 0 atom stereocenters. The van der Waals surface area contributed by atoms with Crippen LogP contribution in [0.3, 0.4) is 0 Å². The van der Waals surface area contributed by atoms with Crippen LogP contribution >= 0.6 is 0 Å². The molecule has 18 heavy (non-hydrogen) atoms. The largest absolute Gasteiger partial charge is 0.398 e. The summed E-state index contributed by atoms with van der Waals surface area (Å²) < 4.78 is 0. The minimum absolute atomic E-state index is 0.557. The van der Waals surface area contributed by atoms with Gasteiger partial charge in [0.15, 0.2) is 0 Å². The Hall–Kier alpha value is -1.69. The molecule has 1 aromatic rings. The molecule has 0 radical (unpaired) electrons. The summed E-state index contributed by atoms with van der Waals surface area (Å²) in [5, 5.41) is 12.3. The van der Waals surface area contributed by atoms with Gasteiger partial charge in [-0.25, -0.2) is 0 Å². The van der Waals surface area contributed by atoms with Gasteiger partial charge in [0, 0.05) is 12.2 Å². The third kappa shape index (κ3) is 2.43. The fraction of sp³-hybridized carbons (Fsp3) is 0.533. The van der Waals surface area contributed by atoms with Crippen LogP contribution in [0, 0.1) is 29.1 Å². The van der Waals surface area contributed by atoms with Crippen molar-refractivity contribution in [2.24, 2.45) is 17.8 Å². The molecule has 1 aromatic carbocycles. The van der Waals surface area contributed by atoms with E-state index in [0.717, 1.165) is 30.0 Å². The number of rotatable bonds is 5. The Morgan fingerprint density at radius 3 is 2.44 bits per heavy atom. The first-order valence-electron chi connectivity index (χ1n) is 6.81. The quantitative estimate of drug-likeness (QED) is 0.779. The van der Waals surface area contributed by atoms with Gasteiger partial charge in [0.05, 0.1) is 11.3 Å². The molecule has 3 rings (SSSR count). The van der Waals surface area contributed by atoms with Gasteiger partial charge in [-0.2, -0.15) is 5.26 Å². The van der Waals surface area contributed by atoms with Gasteiger partial charge in [-0.3, -0.25) is 0 Å². The second kappa shape index (κ2) is 4.53. The fourth-order valence-electron chi connectivity index (χ4n) is 2.78. The molecule has 0 spiro atoms. The molecule has 0 amide bonds. The molecule has 0 bridgehead atoms. The summed E-state index contributed by atoms with van der Waals surface area (Å²) >= 11 is 0. The predicted octanol–water partition coefficient (Wildman–Crippen LogP) is 2.99. The number of nitriles is 1. The first-order chi connectivity index (χ1) is 8.78. The predicted molar refractivity (Wildman–Crippen MR) is 73.0 cm³/mol. The van der Waals surface area contributed by atoms with E-state index in [2.05, 4.69) is 11.4 Å². The summed E-state index contributed by atoms with van der Waals surface area (Å²) in [4.78, 5) is 0. The molecule has 3 heteroatoms. The van der Waals surface area contributed by atoms with Crippen LogP contribution < -0.4 is 11.1 Å². The molecule has 2 aliphatic rings. The second-order valence-corrected chi connectivity index (χ2v) is 5.63. The van der Waals surface area contributed by atoms with Crippen molar-refractivity contribution in [3.05, 3.63) is 23.8 Å². The van der Waals surface area contributed by atoms with Gasteiger partial charge in [-0.1, -0.05) is 0 Å². The van der Waals surface area contributed by atoms with Crippen molar-refractivity contribution in [1.82, 2.24) is 0 Å². The molecule has 0 aromatic heterocycles. The Bertz CT molecular complexity index is 469.